The molecule has 14 heavy (non-hydrogen) atoms. The van der Waals surface area contributed by atoms with Gasteiger partial charge in [0.15, 0.2) is 0 Å². The van der Waals surface area contributed by atoms with E-state index in [1.54, 1.807) is 13.2 Å². The van der Waals surface area contributed by atoms with Crippen LogP contribution in [-0.4, -0.2) is 24.9 Å². The molecular formula is C10H14ClNO2. The second-order valence-electron chi connectivity index (χ2n) is 3.07. The van der Waals surface area contributed by atoms with Gasteiger partial charge in [0.25, 0.3) is 0 Å². The van der Waals surface area contributed by atoms with Crippen molar-refractivity contribution in [2.45, 2.75) is 12.5 Å². The third-order valence-electron chi connectivity index (χ3n) is 2.00. The number of aliphatic hydroxyl groups excluding tert-OH is 1. The van der Waals surface area contributed by atoms with Crippen molar-refractivity contribution in [3.63, 3.8) is 0 Å². The van der Waals surface area contributed by atoms with Crippen LogP contribution >= 0.6 is 11.6 Å². The molecule has 78 valence electrons. The quantitative estimate of drug-likeness (QED) is 0.794. The van der Waals surface area contributed by atoms with Gasteiger partial charge in [-0.2, -0.15) is 0 Å². The highest BCUT2D eigenvalue weighted by atomic mass is 35.5. The average Bonchev–Trinajstić information content (AvgIpc) is 2.20. The number of methoxy groups -OCH3 is 1. The highest BCUT2D eigenvalue weighted by Gasteiger charge is 2.11. The van der Waals surface area contributed by atoms with E-state index >= 15 is 0 Å². The van der Waals surface area contributed by atoms with Crippen LogP contribution in [0, 0.1) is 0 Å². The summed E-state index contributed by atoms with van der Waals surface area (Å²) in [6.45, 7) is -0.0611. The molecule has 0 amide bonds. The molecule has 1 aromatic rings. The fraction of sp³-hybridized carbons (Fsp3) is 0.400. The summed E-state index contributed by atoms with van der Waals surface area (Å²) < 4.78 is 5.15. The largest absolute Gasteiger partial charge is 0.496 e. The predicted molar refractivity (Wildman–Crippen MR) is 56.8 cm³/mol. The molecule has 1 unspecified atom stereocenters. The van der Waals surface area contributed by atoms with Crippen LogP contribution in [0.1, 0.15) is 5.56 Å². The molecular weight excluding hydrogens is 202 g/mol. The lowest BCUT2D eigenvalue weighted by Gasteiger charge is -2.13. The first kappa shape index (κ1) is 11.3. The molecule has 0 heterocycles. The summed E-state index contributed by atoms with van der Waals surface area (Å²) in [5, 5.41) is 9.46. The smallest absolute Gasteiger partial charge is 0.123 e. The second-order valence-corrected chi connectivity index (χ2v) is 3.47. The van der Waals surface area contributed by atoms with E-state index in [2.05, 4.69) is 0 Å². The minimum absolute atomic E-state index is 0.0611. The summed E-state index contributed by atoms with van der Waals surface area (Å²) in [4.78, 5) is 0. The highest BCUT2D eigenvalue weighted by molar-refractivity contribution is 6.31. The molecule has 0 aromatic heterocycles. The van der Waals surface area contributed by atoms with Crippen LogP contribution in [0.3, 0.4) is 0 Å². The number of aliphatic hydroxyl groups is 1. The number of hydrogen-bond acceptors (Lipinski definition) is 3. The van der Waals surface area contributed by atoms with Crippen molar-refractivity contribution in [3.05, 3.63) is 28.8 Å². The first-order valence-corrected chi connectivity index (χ1v) is 4.74. The minimum atomic E-state index is -0.302. The fourth-order valence-corrected chi connectivity index (χ4v) is 1.50. The van der Waals surface area contributed by atoms with Crippen LogP contribution in [0.15, 0.2) is 18.2 Å². The first-order chi connectivity index (χ1) is 6.69. The molecule has 0 radical (unpaired) electrons. The van der Waals surface area contributed by atoms with Gasteiger partial charge in [0.05, 0.1) is 13.7 Å². The summed E-state index contributed by atoms with van der Waals surface area (Å²) in [6, 6.07) is 5.12. The number of hydrogen-bond donors (Lipinski definition) is 2. The maximum Gasteiger partial charge on any atom is 0.123 e. The lowest BCUT2D eigenvalue weighted by molar-refractivity contribution is 0.264. The van der Waals surface area contributed by atoms with Gasteiger partial charge in [-0.05, 0) is 18.6 Å². The molecule has 0 bridgehead atoms. The van der Waals surface area contributed by atoms with E-state index in [1.165, 1.54) is 0 Å². The van der Waals surface area contributed by atoms with Crippen LogP contribution in [0.5, 0.6) is 5.75 Å². The predicted octanol–water partition coefficient (Wildman–Crippen LogP) is 1.21. The number of nitrogens with two attached hydrogens (primary N) is 1. The lowest BCUT2D eigenvalue weighted by atomic mass is 10.1. The molecule has 1 aromatic carbocycles. The summed E-state index contributed by atoms with van der Waals surface area (Å²) in [7, 11) is 1.58. The summed E-state index contributed by atoms with van der Waals surface area (Å²) in [5.74, 6) is 0.710. The zero-order chi connectivity index (χ0) is 10.6. The van der Waals surface area contributed by atoms with Crippen LogP contribution in [0.4, 0.5) is 0 Å². The Balaban J connectivity index is 2.92. The molecule has 3 nitrogen and oxygen atoms in total. The van der Waals surface area contributed by atoms with Crippen LogP contribution in [-0.2, 0) is 6.42 Å². The number of rotatable bonds is 4. The van der Waals surface area contributed by atoms with Gasteiger partial charge in [-0.25, -0.2) is 0 Å². The van der Waals surface area contributed by atoms with E-state index in [9.17, 15) is 0 Å². The normalized spacial score (nSPS) is 12.6. The Kier molecular flexibility index (Phi) is 4.20. The van der Waals surface area contributed by atoms with Crippen molar-refractivity contribution in [1.82, 2.24) is 0 Å². The maximum atomic E-state index is 8.84. The van der Waals surface area contributed by atoms with Crippen molar-refractivity contribution in [2.75, 3.05) is 13.7 Å². The van der Waals surface area contributed by atoms with E-state index in [-0.39, 0.29) is 12.6 Å². The Hall–Kier alpha value is -0.770. The Morgan fingerprint density at radius 2 is 2.29 bits per heavy atom. The Morgan fingerprint density at radius 3 is 2.86 bits per heavy atom. The van der Waals surface area contributed by atoms with Crippen molar-refractivity contribution in [3.8, 4) is 5.75 Å². The van der Waals surface area contributed by atoms with Gasteiger partial charge in [-0.15, -0.1) is 0 Å². The van der Waals surface area contributed by atoms with Gasteiger partial charge < -0.3 is 15.6 Å². The highest BCUT2D eigenvalue weighted by Crippen LogP contribution is 2.26. The Bertz CT molecular complexity index is 304. The third-order valence-corrected chi connectivity index (χ3v) is 2.35. The first-order valence-electron chi connectivity index (χ1n) is 4.36. The lowest BCUT2D eigenvalue weighted by Crippen LogP contribution is -2.27. The van der Waals surface area contributed by atoms with Gasteiger partial charge >= 0.3 is 0 Å². The van der Waals surface area contributed by atoms with Crippen molar-refractivity contribution >= 4 is 11.6 Å². The summed E-state index contributed by atoms with van der Waals surface area (Å²) in [5.41, 5.74) is 6.48. The van der Waals surface area contributed by atoms with E-state index < -0.39 is 0 Å². The van der Waals surface area contributed by atoms with Gasteiger partial charge in [-0.3, -0.25) is 0 Å². The number of ether oxygens (including phenoxy) is 1. The SMILES string of the molecule is COc1cccc(Cl)c1CC(N)CO. The third kappa shape index (κ3) is 2.61. The number of benzene rings is 1. The molecule has 1 atom stereocenters. The van der Waals surface area contributed by atoms with E-state index in [4.69, 9.17) is 27.2 Å². The Morgan fingerprint density at radius 1 is 1.57 bits per heavy atom. The molecule has 0 spiro atoms. The molecule has 0 saturated carbocycles. The fourth-order valence-electron chi connectivity index (χ4n) is 1.25. The van der Waals surface area contributed by atoms with Crippen LogP contribution in [0.25, 0.3) is 0 Å². The summed E-state index contributed by atoms with van der Waals surface area (Å²) >= 11 is 5.99. The second kappa shape index (κ2) is 5.20. The van der Waals surface area contributed by atoms with Gasteiger partial charge in [-0.1, -0.05) is 17.7 Å². The molecule has 3 N–H and O–H groups in total. The minimum Gasteiger partial charge on any atom is -0.496 e. The van der Waals surface area contributed by atoms with Crippen LogP contribution < -0.4 is 10.5 Å². The van der Waals surface area contributed by atoms with Crippen LogP contribution in [0.2, 0.25) is 5.02 Å². The van der Waals surface area contributed by atoms with Gasteiger partial charge in [0.1, 0.15) is 5.75 Å². The molecule has 4 heteroatoms. The van der Waals surface area contributed by atoms with E-state index in [0.717, 1.165) is 5.56 Å². The zero-order valence-corrected chi connectivity index (χ0v) is 8.79. The van der Waals surface area contributed by atoms with Crippen molar-refractivity contribution in [1.29, 1.82) is 0 Å². The zero-order valence-electron chi connectivity index (χ0n) is 8.03. The average molecular weight is 216 g/mol. The Labute approximate surface area is 88.4 Å². The summed E-state index contributed by atoms with van der Waals surface area (Å²) in [6.07, 6.45) is 0.513. The molecule has 0 fully saturated rings. The monoisotopic (exact) mass is 215 g/mol. The van der Waals surface area contributed by atoms with Crippen molar-refractivity contribution < 1.29 is 9.84 Å². The maximum absolute atomic E-state index is 8.84. The molecule has 0 aliphatic carbocycles. The standard InChI is InChI=1S/C10H14ClNO2/c1-14-10-4-2-3-9(11)8(10)5-7(12)6-13/h2-4,7,13H,5-6,12H2,1H3. The van der Waals surface area contributed by atoms with E-state index in [0.29, 0.717) is 17.2 Å². The van der Waals surface area contributed by atoms with Gasteiger partial charge in [0.2, 0.25) is 0 Å². The van der Waals surface area contributed by atoms with Gasteiger partial charge in [0, 0.05) is 16.6 Å². The molecule has 0 saturated heterocycles. The van der Waals surface area contributed by atoms with Crippen molar-refractivity contribution in [2.24, 2.45) is 5.73 Å². The van der Waals surface area contributed by atoms with E-state index in [1.807, 2.05) is 12.1 Å². The topological polar surface area (TPSA) is 55.5 Å². The molecule has 1 rings (SSSR count). The number of halogens is 1. The molecule has 0 aliphatic rings. The molecule has 0 aliphatic heterocycles.